The van der Waals surface area contributed by atoms with E-state index in [1.807, 2.05) is 12.1 Å². The third-order valence-electron chi connectivity index (χ3n) is 3.13. The molecule has 0 saturated heterocycles. The number of hydrogen-bond acceptors (Lipinski definition) is 4. The minimum absolute atomic E-state index is 0.129. The van der Waals surface area contributed by atoms with Crippen LogP contribution in [-0.2, 0) is 6.42 Å². The van der Waals surface area contributed by atoms with Gasteiger partial charge in [-0.3, -0.25) is 14.8 Å². The van der Waals surface area contributed by atoms with Crippen molar-refractivity contribution in [1.82, 2.24) is 15.3 Å². The third kappa shape index (κ3) is 3.00. The molecule has 0 bridgehead atoms. The number of oxazole rings is 1. The van der Waals surface area contributed by atoms with Crippen LogP contribution in [0.15, 0.2) is 51.9 Å². The van der Waals surface area contributed by atoms with Crippen molar-refractivity contribution in [1.29, 1.82) is 0 Å². The maximum Gasteiger partial charge on any atom is 0.417 e. The summed E-state index contributed by atoms with van der Waals surface area (Å²) in [7, 11) is 0. The minimum Gasteiger partial charge on any atom is -0.408 e. The van der Waals surface area contributed by atoms with Crippen LogP contribution in [-0.4, -0.2) is 22.4 Å². The Morgan fingerprint density at radius 2 is 2.05 bits per heavy atom. The lowest BCUT2D eigenvalue weighted by Gasteiger charge is -2.05. The highest BCUT2D eigenvalue weighted by atomic mass is 16.4. The van der Waals surface area contributed by atoms with Gasteiger partial charge >= 0.3 is 5.76 Å². The highest BCUT2D eigenvalue weighted by molar-refractivity contribution is 5.93. The van der Waals surface area contributed by atoms with Crippen molar-refractivity contribution in [2.75, 3.05) is 6.54 Å². The Hall–Kier alpha value is -2.89. The van der Waals surface area contributed by atoms with Crippen LogP contribution in [0.1, 0.15) is 15.9 Å². The number of aromatic nitrogens is 2. The summed E-state index contributed by atoms with van der Waals surface area (Å²) in [6.07, 6.45) is 3.83. The SMILES string of the molecule is O=C(NCCc1ccc2oc(=O)[nH]c2c1)c1ccncc1. The van der Waals surface area contributed by atoms with Crippen molar-refractivity contribution in [3.05, 3.63) is 64.4 Å². The quantitative estimate of drug-likeness (QED) is 0.759. The van der Waals surface area contributed by atoms with Gasteiger partial charge in [-0.15, -0.1) is 0 Å². The van der Waals surface area contributed by atoms with Crippen molar-refractivity contribution in [3.63, 3.8) is 0 Å². The van der Waals surface area contributed by atoms with Gasteiger partial charge in [0.25, 0.3) is 5.91 Å². The van der Waals surface area contributed by atoms with Gasteiger partial charge in [0.1, 0.15) is 0 Å². The van der Waals surface area contributed by atoms with Gasteiger partial charge in [0.15, 0.2) is 5.58 Å². The number of rotatable bonds is 4. The second-order valence-electron chi connectivity index (χ2n) is 4.59. The van der Waals surface area contributed by atoms with Crippen molar-refractivity contribution < 1.29 is 9.21 Å². The Bertz CT molecular complexity index is 821. The first-order valence-electron chi connectivity index (χ1n) is 6.52. The predicted octanol–water partition coefficient (Wildman–Crippen LogP) is 1.49. The molecule has 1 aromatic carbocycles. The lowest BCUT2D eigenvalue weighted by atomic mass is 10.1. The molecular weight excluding hydrogens is 270 g/mol. The molecule has 0 atom stereocenters. The minimum atomic E-state index is -0.465. The normalized spacial score (nSPS) is 10.7. The number of nitrogens with zero attached hydrogens (tertiary/aromatic N) is 1. The monoisotopic (exact) mass is 283 g/mol. The first kappa shape index (κ1) is 13.1. The summed E-state index contributed by atoms with van der Waals surface area (Å²) in [5.41, 5.74) is 2.79. The van der Waals surface area contributed by atoms with E-state index in [9.17, 15) is 9.59 Å². The first-order chi connectivity index (χ1) is 10.2. The average Bonchev–Trinajstić information content (AvgIpc) is 2.87. The van der Waals surface area contributed by atoms with Gasteiger partial charge in [-0.25, -0.2) is 4.79 Å². The number of aromatic amines is 1. The Morgan fingerprint density at radius 1 is 1.24 bits per heavy atom. The van der Waals surface area contributed by atoms with Crippen molar-refractivity contribution in [2.24, 2.45) is 0 Å². The molecule has 0 aliphatic carbocycles. The number of fused-ring (bicyclic) bond motifs is 1. The zero-order chi connectivity index (χ0) is 14.7. The van der Waals surface area contributed by atoms with Crippen molar-refractivity contribution >= 4 is 17.0 Å². The van der Waals surface area contributed by atoms with E-state index in [1.165, 1.54) is 0 Å². The number of pyridine rings is 1. The Balaban J connectivity index is 1.61. The summed E-state index contributed by atoms with van der Waals surface area (Å²) in [6, 6.07) is 8.79. The van der Waals surface area contributed by atoms with Crippen LogP contribution in [0.25, 0.3) is 11.1 Å². The Kier molecular flexibility index (Phi) is 3.51. The highest BCUT2D eigenvalue weighted by Crippen LogP contribution is 2.12. The van der Waals surface area contributed by atoms with E-state index < -0.39 is 5.76 Å². The second kappa shape index (κ2) is 5.62. The van der Waals surface area contributed by atoms with Crippen molar-refractivity contribution in [3.8, 4) is 0 Å². The maximum absolute atomic E-state index is 11.8. The van der Waals surface area contributed by atoms with Gasteiger partial charge in [0.05, 0.1) is 5.52 Å². The van der Waals surface area contributed by atoms with Gasteiger partial charge in [-0.1, -0.05) is 6.07 Å². The van der Waals surface area contributed by atoms with Crippen LogP contribution in [0.4, 0.5) is 0 Å². The molecule has 2 aromatic heterocycles. The average molecular weight is 283 g/mol. The lowest BCUT2D eigenvalue weighted by molar-refractivity contribution is 0.0954. The number of amides is 1. The van der Waals surface area contributed by atoms with Crippen LogP contribution in [0, 0.1) is 0 Å². The number of nitrogens with one attached hydrogen (secondary N) is 2. The zero-order valence-corrected chi connectivity index (χ0v) is 11.1. The Morgan fingerprint density at radius 3 is 2.86 bits per heavy atom. The molecule has 0 unspecified atom stereocenters. The number of hydrogen-bond donors (Lipinski definition) is 2. The van der Waals surface area contributed by atoms with Gasteiger partial charge in [0.2, 0.25) is 0 Å². The van der Waals surface area contributed by atoms with Gasteiger partial charge in [-0.2, -0.15) is 0 Å². The molecule has 0 fully saturated rings. The number of benzene rings is 1. The summed E-state index contributed by atoms with van der Waals surface area (Å²) >= 11 is 0. The van der Waals surface area contributed by atoms with Gasteiger partial charge in [0, 0.05) is 24.5 Å². The van der Waals surface area contributed by atoms with Gasteiger partial charge in [-0.05, 0) is 36.2 Å². The topological polar surface area (TPSA) is 88.0 Å². The molecular formula is C15H13N3O3. The highest BCUT2D eigenvalue weighted by Gasteiger charge is 2.05. The summed E-state index contributed by atoms with van der Waals surface area (Å²) in [6.45, 7) is 0.509. The molecule has 3 aromatic rings. The summed E-state index contributed by atoms with van der Waals surface area (Å²) in [5.74, 6) is -0.594. The van der Waals surface area contributed by atoms with Crippen LogP contribution in [0.3, 0.4) is 0 Å². The fourth-order valence-corrected chi connectivity index (χ4v) is 2.08. The summed E-state index contributed by atoms with van der Waals surface area (Å²) in [5, 5.41) is 2.84. The van der Waals surface area contributed by atoms with E-state index in [0.717, 1.165) is 5.56 Å². The number of carbonyl (C=O) groups is 1. The van der Waals surface area contributed by atoms with Crippen LogP contribution in [0.2, 0.25) is 0 Å². The summed E-state index contributed by atoms with van der Waals surface area (Å²) < 4.78 is 4.94. The molecule has 3 rings (SSSR count). The van der Waals surface area contributed by atoms with Gasteiger partial charge < -0.3 is 9.73 Å². The fourth-order valence-electron chi connectivity index (χ4n) is 2.08. The van der Waals surface area contributed by atoms with Crippen molar-refractivity contribution in [2.45, 2.75) is 6.42 Å². The molecule has 2 N–H and O–H groups in total. The zero-order valence-electron chi connectivity index (χ0n) is 11.1. The molecule has 0 radical (unpaired) electrons. The molecule has 0 spiro atoms. The molecule has 0 aliphatic heterocycles. The van der Waals surface area contributed by atoms with Crippen LogP contribution < -0.4 is 11.1 Å². The van der Waals surface area contributed by atoms with E-state index in [2.05, 4.69) is 15.3 Å². The molecule has 6 heteroatoms. The molecule has 1 amide bonds. The lowest BCUT2D eigenvalue weighted by Crippen LogP contribution is -2.25. The summed E-state index contributed by atoms with van der Waals surface area (Å²) in [4.78, 5) is 29.4. The third-order valence-corrected chi connectivity index (χ3v) is 3.13. The number of H-pyrrole nitrogens is 1. The van der Waals surface area contributed by atoms with E-state index in [4.69, 9.17) is 4.42 Å². The smallest absolute Gasteiger partial charge is 0.408 e. The predicted molar refractivity (Wildman–Crippen MR) is 77.1 cm³/mol. The maximum atomic E-state index is 11.8. The largest absolute Gasteiger partial charge is 0.417 e. The molecule has 0 aliphatic rings. The Labute approximate surface area is 119 Å². The van der Waals surface area contributed by atoms with Crippen LogP contribution in [0.5, 0.6) is 0 Å². The van der Waals surface area contributed by atoms with E-state index >= 15 is 0 Å². The van der Waals surface area contributed by atoms with E-state index in [0.29, 0.717) is 29.6 Å². The first-order valence-corrected chi connectivity index (χ1v) is 6.52. The molecule has 6 nitrogen and oxygen atoms in total. The van der Waals surface area contributed by atoms with E-state index in [1.54, 1.807) is 30.6 Å². The second-order valence-corrected chi connectivity index (χ2v) is 4.59. The van der Waals surface area contributed by atoms with Crippen LogP contribution >= 0.6 is 0 Å². The molecule has 106 valence electrons. The molecule has 21 heavy (non-hydrogen) atoms. The number of carbonyl (C=O) groups excluding carboxylic acids is 1. The molecule has 0 saturated carbocycles. The standard InChI is InChI=1S/C15H13N3O3/c19-14(11-4-6-16-7-5-11)17-8-3-10-1-2-13-12(9-10)18-15(20)21-13/h1-2,4-7,9H,3,8H2,(H,17,19)(H,18,20). The molecule has 2 heterocycles. The van der Waals surface area contributed by atoms with E-state index in [-0.39, 0.29) is 5.91 Å². The fraction of sp³-hybridized carbons (Fsp3) is 0.133.